The molecular formula is C15H28O15S. The highest BCUT2D eigenvalue weighted by Crippen LogP contribution is 2.30. The molecule has 2 aliphatic heterocycles. The van der Waals surface area contributed by atoms with Gasteiger partial charge in [-0.1, -0.05) is 0 Å². The molecule has 0 unspecified atom stereocenters. The van der Waals surface area contributed by atoms with Crippen LogP contribution in [-0.4, -0.2) is 139 Å². The Bertz CT molecular complexity index is 644. The first-order valence-electron chi connectivity index (χ1n) is 9.20. The lowest BCUT2D eigenvalue weighted by Gasteiger charge is -2.46. The smallest absolute Gasteiger partial charge is 0.394 e. The van der Waals surface area contributed by atoms with E-state index in [1.54, 1.807) is 0 Å². The third-order valence-corrected chi connectivity index (χ3v) is 5.26. The van der Waals surface area contributed by atoms with Crippen molar-refractivity contribution in [1.82, 2.24) is 0 Å². The molecule has 0 aliphatic carbocycles. The summed E-state index contributed by atoms with van der Waals surface area (Å²) in [6.07, 6.45) is -14.8. The van der Waals surface area contributed by atoms with Crippen LogP contribution in [0.25, 0.3) is 0 Å². The molecule has 15 nitrogen and oxygen atoms in total. The summed E-state index contributed by atoms with van der Waals surface area (Å²) in [7, 11) is -3.48. The normalized spacial score (nSPS) is 41.9. The van der Waals surface area contributed by atoms with Crippen LogP contribution in [-0.2, 0) is 38.3 Å². The Hall–Kier alpha value is -0.570. The van der Waals surface area contributed by atoms with Crippen LogP contribution in [0.3, 0.4) is 0 Å². The predicted octanol–water partition coefficient (Wildman–Crippen LogP) is -4.90. The second kappa shape index (κ2) is 11.5. The van der Waals surface area contributed by atoms with Gasteiger partial charge in [-0.05, 0) is 0 Å². The molecule has 2 rings (SSSR count). The Labute approximate surface area is 177 Å². The molecule has 0 aromatic carbocycles. The van der Waals surface area contributed by atoms with Gasteiger partial charge in [-0.2, -0.15) is 8.42 Å². The lowest BCUT2D eigenvalue weighted by atomic mass is 9.97. The van der Waals surface area contributed by atoms with Crippen LogP contribution in [0.1, 0.15) is 0 Å². The third-order valence-electron chi connectivity index (χ3n) is 4.79. The standard InChI is InChI=1S/C15H28O15S/c1-25-15-13(26-2-3-27-31(22,23)24)11(21)12(7(5-17)29-15)30-14-10(20)9(19)8(18)6(4-16)28-14/h6-21H,2-5H2,1H3,(H,22,23,24)/t6-,7-,8+,9+,10-,11+,12+,13-,14-,15-/m1/s1. The molecule has 0 amide bonds. The van der Waals surface area contributed by atoms with E-state index in [1.165, 1.54) is 7.11 Å². The largest absolute Gasteiger partial charge is 0.397 e. The van der Waals surface area contributed by atoms with E-state index in [-0.39, 0.29) is 0 Å². The van der Waals surface area contributed by atoms with Crippen LogP contribution in [0.4, 0.5) is 0 Å². The molecule has 2 heterocycles. The highest BCUT2D eigenvalue weighted by molar-refractivity contribution is 7.80. The van der Waals surface area contributed by atoms with E-state index >= 15 is 0 Å². The molecule has 0 aromatic rings. The molecule has 184 valence electrons. The summed E-state index contributed by atoms with van der Waals surface area (Å²) in [5.41, 5.74) is 0. The van der Waals surface area contributed by atoms with Crippen LogP contribution >= 0.6 is 0 Å². The zero-order valence-electron chi connectivity index (χ0n) is 16.4. The van der Waals surface area contributed by atoms with E-state index in [9.17, 15) is 39.1 Å². The minimum atomic E-state index is -4.70. The van der Waals surface area contributed by atoms with Gasteiger partial charge in [0.15, 0.2) is 12.6 Å². The van der Waals surface area contributed by atoms with E-state index in [2.05, 4.69) is 4.18 Å². The highest BCUT2D eigenvalue weighted by atomic mass is 32.3. The Balaban J connectivity index is 2.11. The van der Waals surface area contributed by atoms with Crippen molar-refractivity contribution in [2.75, 3.05) is 33.5 Å². The average Bonchev–Trinajstić information content (AvgIpc) is 2.72. The molecule has 0 spiro atoms. The number of hydrogen-bond acceptors (Lipinski definition) is 14. The summed E-state index contributed by atoms with van der Waals surface area (Å²) >= 11 is 0. The Morgan fingerprint density at radius 1 is 0.806 bits per heavy atom. The molecule has 0 saturated carbocycles. The first kappa shape index (κ1) is 26.7. The zero-order valence-corrected chi connectivity index (χ0v) is 17.2. The fourth-order valence-electron chi connectivity index (χ4n) is 3.24. The Morgan fingerprint density at radius 2 is 1.42 bits per heavy atom. The first-order valence-corrected chi connectivity index (χ1v) is 10.6. The minimum absolute atomic E-state index is 0.429. The topological polar surface area (TPSA) is 231 Å². The minimum Gasteiger partial charge on any atom is -0.394 e. The molecular weight excluding hydrogens is 452 g/mol. The van der Waals surface area contributed by atoms with E-state index in [1.807, 2.05) is 0 Å². The second-order valence-electron chi connectivity index (χ2n) is 6.83. The molecule has 0 aromatic heterocycles. The van der Waals surface area contributed by atoms with Crippen molar-refractivity contribution in [3.05, 3.63) is 0 Å². The third kappa shape index (κ3) is 6.71. The van der Waals surface area contributed by atoms with E-state index < -0.39 is 98.2 Å². The van der Waals surface area contributed by atoms with Crippen molar-refractivity contribution >= 4 is 10.4 Å². The van der Waals surface area contributed by atoms with Crippen LogP contribution in [0, 0.1) is 0 Å². The van der Waals surface area contributed by atoms with Crippen molar-refractivity contribution in [3.8, 4) is 0 Å². The molecule has 7 N–H and O–H groups in total. The quantitative estimate of drug-likeness (QED) is 0.115. The molecule has 0 bridgehead atoms. The lowest BCUT2D eigenvalue weighted by Crippen LogP contribution is -2.65. The summed E-state index contributed by atoms with van der Waals surface area (Å²) in [5.74, 6) is 0. The highest BCUT2D eigenvalue weighted by Gasteiger charge is 2.51. The van der Waals surface area contributed by atoms with E-state index in [4.69, 9.17) is 28.2 Å². The van der Waals surface area contributed by atoms with E-state index in [0.29, 0.717) is 0 Å². The predicted molar refractivity (Wildman–Crippen MR) is 94.6 cm³/mol. The van der Waals surface area contributed by atoms with Gasteiger partial charge in [0.2, 0.25) is 0 Å². The first-order chi connectivity index (χ1) is 14.5. The fourth-order valence-corrected chi connectivity index (χ4v) is 3.51. The monoisotopic (exact) mass is 480 g/mol. The summed E-state index contributed by atoms with van der Waals surface area (Å²) in [6.45, 7) is -2.40. The van der Waals surface area contributed by atoms with Crippen molar-refractivity contribution < 1.29 is 71.5 Å². The van der Waals surface area contributed by atoms with Gasteiger partial charge in [-0.3, -0.25) is 4.55 Å². The number of ether oxygens (including phenoxy) is 5. The maximum absolute atomic E-state index is 10.7. The zero-order chi connectivity index (χ0) is 23.3. The average molecular weight is 480 g/mol. The number of hydrogen-bond donors (Lipinski definition) is 7. The SMILES string of the molecule is CO[C@@H]1O[C@H](CO)[C@H](O[C@H]2O[C@H](CO)[C@H](O)[C@H](O)[C@H]2O)[C@H](O)[C@H]1OCCOS(=O)(=O)O. The summed E-state index contributed by atoms with van der Waals surface area (Å²) < 4.78 is 60.4. The van der Waals surface area contributed by atoms with Gasteiger partial charge in [0.25, 0.3) is 0 Å². The molecule has 10 atom stereocenters. The van der Waals surface area contributed by atoms with Crippen molar-refractivity contribution in [1.29, 1.82) is 0 Å². The second-order valence-corrected chi connectivity index (χ2v) is 7.93. The number of methoxy groups -OCH3 is 1. The van der Waals surface area contributed by atoms with Crippen LogP contribution in [0.5, 0.6) is 0 Å². The lowest BCUT2D eigenvalue weighted by molar-refractivity contribution is -0.360. The molecule has 31 heavy (non-hydrogen) atoms. The van der Waals surface area contributed by atoms with Crippen molar-refractivity contribution in [3.63, 3.8) is 0 Å². The molecule has 2 saturated heterocycles. The summed E-state index contributed by atoms with van der Waals surface area (Å²) in [5, 5.41) is 59.5. The molecule has 0 radical (unpaired) electrons. The molecule has 16 heteroatoms. The van der Waals surface area contributed by atoms with Crippen molar-refractivity contribution in [2.24, 2.45) is 0 Å². The molecule has 2 fully saturated rings. The van der Waals surface area contributed by atoms with Gasteiger partial charge in [-0.15, -0.1) is 0 Å². The Kier molecular flexibility index (Phi) is 9.92. The number of rotatable bonds is 10. The van der Waals surface area contributed by atoms with Crippen LogP contribution in [0.15, 0.2) is 0 Å². The van der Waals surface area contributed by atoms with Gasteiger partial charge in [0.1, 0.15) is 48.8 Å². The number of aliphatic hydroxyl groups is 6. The fraction of sp³-hybridized carbons (Fsp3) is 1.00. The molecule has 2 aliphatic rings. The van der Waals surface area contributed by atoms with Crippen LogP contribution < -0.4 is 0 Å². The maximum Gasteiger partial charge on any atom is 0.397 e. The van der Waals surface area contributed by atoms with Gasteiger partial charge in [0, 0.05) is 7.11 Å². The summed E-state index contributed by atoms with van der Waals surface area (Å²) in [4.78, 5) is 0. The van der Waals surface area contributed by atoms with Crippen LogP contribution in [0.2, 0.25) is 0 Å². The van der Waals surface area contributed by atoms with Crippen molar-refractivity contribution in [2.45, 2.75) is 61.4 Å². The maximum atomic E-state index is 10.7. The van der Waals surface area contributed by atoms with Gasteiger partial charge >= 0.3 is 10.4 Å². The van der Waals surface area contributed by atoms with Gasteiger partial charge in [-0.25, -0.2) is 4.18 Å². The van der Waals surface area contributed by atoms with Gasteiger partial charge in [0.05, 0.1) is 26.4 Å². The summed E-state index contributed by atoms with van der Waals surface area (Å²) in [6, 6.07) is 0. The number of aliphatic hydroxyl groups excluding tert-OH is 6. The van der Waals surface area contributed by atoms with E-state index in [0.717, 1.165) is 0 Å². The Morgan fingerprint density at radius 3 is 1.97 bits per heavy atom. The van der Waals surface area contributed by atoms with Gasteiger partial charge < -0.3 is 54.3 Å².